The third-order valence-corrected chi connectivity index (χ3v) is 1.82. The summed E-state index contributed by atoms with van der Waals surface area (Å²) in [6.45, 7) is 4.00. The molecule has 0 radical (unpaired) electrons. The predicted molar refractivity (Wildman–Crippen MR) is 47.7 cm³/mol. The van der Waals surface area contributed by atoms with Crippen LogP contribution >= 0.6 is 11.6 Å². The van der Waals surface area contributed by atoms with Crippen molar-refractivity contribution in [3.8, 4) is 0 Å². The van der Waals surface area contributed by atoms with Gasteiger partial charge in [-0.15, -0.1) is 11.6 Å². The third-order valence-electron chi connectivity index (χ3n) is 1.57. The Balaban J connectivity index is 2.84. The highest BCUT2D eigenvalue weighted by molar-refractivity contribution is 6.30. The van der Waals surface area contributed by atoms with E-state index in [4.69, 9.17) is 11.6 Å². The van der Waals surface area contributed by atoms with Crippen molar-refractivity contribution < 1.29 is 4.79 Å². The fraction of sp³-hybridized carbons (Fsp3) is 0.500. The van der Waals surface area contributed by atoms with Gasteiger partial charge in [0.05, 0.1) is 17.6 Å². The Morgan fingerprint density at radius 2 is 2.42 bits per heavy atom. The van der Waals surface area contributed by atoms with Crippen LogP contribution in [0.15, 0.2) is 12.4 Å². The number of halogens is 1. The summed E-state index contributed by atoms with van der Waals surface area (Å²) in [6, 6.07) is 0.280. The lowest BCUT2D eigenvalue weighted by Gasteiger charge is -2.02. The molecule has 0 aliphatic heterocycles. The molecule has 0 unspecified atom stereocenters. The maximum atomic E-state index is 11.1. The quantitative estimate of drug-likeness (QED) is 0.534. The average molecular weight is 187 g/mol. The topological polar surface area (TPSA) is 34.9 Å². The van der Waals surface area contributed by atoms with Crippen LogP contribution in [-0.4, -0.2) is 21.4 Å². The molecule has 0 N–H and O–H groups in total. The van der Waals surface area contributed by atoms with Gasteiger partial charge < -0.3 is 0 Å². The van der Waals surface area contributed by atoms with Gasteiger partial charge in [0.15, 0.2) is 5.78 Å². The number of hydrogen-bond acceptors (Lipinski definition) is 2. The molecule has 66 valence electrons. The standard InChI is InChI=1S/C8H11ClN2O/c1-6(2)11-5-7(4-10-11)8(12)3-9/h4-6H,3H2,1-2H3. The number of rotatable bonds is 3. The minimum Gasteiger partial charge on any atom is -0.293 e. The Hall–Kier alpha value is -0.830. The number of Topliss-reactive ketones (excluding diaryl/α,β-unsaturated/α-hetero) is 1. The molecule has 0 atom stereocenters. The van der Waals surface area contributed by atoms with E-state index in [0.29, 0.717) is 5.56 Å². The Morgan fingerprint density at radius 3 is 2.83 bits per heavy atom. The highest BCUT2D eigenvalue weighted by Crippen LogP contribution is 2.06. The van der Waals surface area contributed by atoms with Crippen LogP contribution in [0, 0.1) is 0 Å². The molecule has 1 rings (SSSR count). The maximum Gasteiger partial charge on any atom is 0.180 e. The fourth-order valence-corrected chi connectivity index (χ4v) is 0.996. The summed E-state index contributed by atoms with van der Waals surface area (Å²) in [5, 5.41) is 4.02. The normalized spacial score (nSPS) is 10.7. The molecule has 4 heteroatoms. The van der Waals surface area contributed by atoms with E-state index < -0.39 is 0 Å². The summed E-state index contributed by atoms with van der Waals surface area (Å²) in [4.78, 5) is 11.1. The number of carbonyl (C=O) groups excluding carboxylic acids is 1. The second-order valence-electron chi connectivity index (χ2n) is 2.86. The van der Waals surface area contributed by atoms with Gasteiger partial charge in [0.2, 0.25) is 0 Å². The van der Waals surface area contributed by atoms with Crippen molar-refractivity contribution in [3.05, 3.63) is 18.0 Å². The minimum absolute atomic E-state index is 0.0176. The maximum absolute atomic E-state index is 11.1. The molecule has 0 spiro atoms. The van der Waals surface area contributed by atoms with E-state index in [1.807, 2.05) is 13.8 Å². The van der Waals surface area contributed by atoms with E-state index in [1.54, 1.807) is 17.1 Å². The lowest BCUT2D eigenvalue weighted by atomic mass is 10.2. The van der Waals surface area contributed by atoms with Gasteiger partial charge in [0.1, 0.15) is 0 Å². The summed E-state index contributed by atoms with van der Waals surface area (Å²) in [6.07, 6.45) is 3.26. The molecular weight excluding hydrogens is 176 g/mol. The molecule has 0 saturated carbocycles. The van der Waals surface area contributed by atoms with Gasteiger partial charge in [-0.2, -0.15) is 5.10 Å². The zero-order chi connectivity index (χ0) is 9.14. The highest BCUT2D eigenvalue weighted by atomic mass is 35.5. The van der Waals surface area contributed by atoms with Crippen LogP contribution in [0.2, 0.25) is 0 Å². The molecule has 1 aromatic rings. The number of nitrogens with zero attached hydrogens (tertiary/aromatic N) is 2. The molecule has 0 amide bonds. The molecule has 0 aliphatic carbocycles. The number of alkyl halides is 1. The van der Waals surface area contributed by atoms with Crippen LogP contribution in [0.1, 0.15) is 30.2 Å². The van der Waals surface area contributed by atoms with Crippen LogP contribution in [0.4, 0.5) is 0 Å². The van der Waals surface area contributed by atoms with E-state index in [-0.39, 0.29) is 17.7 Å². The van der Waals surface area contributed by atoms with Gasteiger partial charge >= 0.3 is 0 Å². The van der Waals surface area contributed by atoms with E-state index in [1.165, 1.54) is 0 Å². The van der Waals surface area contributed by atoms with Crippen molar-refractivity contribution >= 4 is 17.4 Å². The Morgan fingerprint density at radius 1 is 1.75 bits per heavy atom. The zero-order valence-corrected chi connectivity index (χ0v) is 7.88. The molecule has 0 bridgehead atoms. The largest absolute Gasteiger partial charge is 0.293 e. The van der Waals surface area contributed by atoms with Crippen LogP contribution in [-0.2, 0) is 0 Å². The first-order valence-electron chi connectivity index (χ1n) is 3.78. The minimum atomic E-state index is -0.0800. The van der Waals surface area contributed by atoms with E-state index in [2.05, 4.69) is 5.10 Å². The first-order valence-corrected chi connectivity index (χ1v) is 4.32. The first-order chi connectivity index (χ1) is 5.65. The molecule has 12 heavy (non-hydrogen) atoms. The van der Waals surface area contributed by atoms with Crippen LogP contribution < -0.4 is 0 Å². The monoisotopic (exact) mass is 186 g/mol. The molecule has 1 aromatic heterocycles. The smallest absolute Gasteiger partial charge is 0.180 e. The van der Waals surface area contributed by atoms with Gasteiger partial charge in [0.25, 0.3) is 0 Å². The average Bonchev–Trinajstić information content (AvgIpc) is 2.51. The van der Waals surface area contributed by atoms with Crippen molar-refractivity contribution in [2.45, 2.75) is 19.9 Å². The number of hydrogen-bond donors (Lipinski definition) is 0. The lowest BCUT2D eigenvalue weighted by molar-refractivity contribution is 0.102. The van der Waals surface area contributed by atoms with Crippen molar-refractivity contribution in [3.63, 3.8) is 0 Å². The van der Waals surface area contributed by atoms with Crippen LogP contribution in [0.3, 0.4) is 0 Å². The van der Waals surface area contributed by atoms with Gasteiger partial charge in [-0.3, -0.25) is 9.48 Å². The van der Waals surface area contributed by atoms with Crippen LogP contribution in [0.25, 0.3) is 0 Å². The van der Waals surface area contributed by atoms with Crippen LogP contribution in [0.5, 0.6) is 0 Å². The summed E-state index contributed by atoms with van der Waals surface area (Å²) < 4.78 is 1.74. The van der Waals surface area contributed by atoms with Crippen molar-refractivity contribution in [1.82, 2.24) is 9.78 Å². The zero-order valence-electron chi connectivity index (χ0n) is 7.12. The first kappa shape index (κ1) is 9.26. The molecule has 0 aliphatic rings. The molecule has 0 fully saturated rings. The molecular formula is C8H11ClN2O. The predicted octanol–water partition coefficient (Wildman–Crippen LogP) is 1.89. The lowest BCUT2D eigenvalue weighted by Crippen LogP contribution is -2.01. The molecule has 3 nitrogen and oxygen atoms in total. The van der Waals surface area contributed by atoms with Gasteiger partial charge in [-0.05, 0) is 13.8 Å². The SMILES string of the molecule is CC(C)n1cc(C(=O)CCl)cn1. The van der Waals surface area contributed by atoms with Crippen molar-refractivity contribution in [2.24, 2.45) is 0 Å². The highest BCUT2D eigenvalue weighted by Gasteiger charge is 2.07. The van der Waals surface area contributed by atoms with Crippen molar-refractivity contribution in [1.29, 1.82) is 0 Å². The molecule has 0 aromatic carbocycles. The van der Waals surface area contributed by atoms with E-state index in [9.17, 15) is 4.79 Å². The van der Waals surface area contributed by atoms with Gasteiger partial charge in [-0.1, -0.05) is 0 Å². The molecule has 1 heterocycles. The second kappa shape index (κ2) is 3.72. The van der Waals surface area contributed by atoms with E-state index >= 15 is 0 Å². The van der Waals surface area contributed by atoms with Gasteiger partial charge in [-0.25, -0.2) is 0 Å². The summed E-state index contributed by atoms with van der Waals surface area (Å²) in [5.41, 5.74) is 0.582. The van der Waals surface area contributed by atoms with Crippen molar-refractivity contribution in [2.75, 3.05) is 5.88 Å². The molecule has 0 saturated heterocycles. The summed E-state index contributed by atoms with van der Waals surface area (Å²) in [5.74, 6) is -0.0624. The Kier molecular flexibility index (Phi) is 2.87. The number of carbonyl (C=O) groups is 1. The number of aromatic nitrogens is 2. The van der Waals surface area contributed by atoms with E-state index in [0.717, 1.165) is 0 Å². The Labute approximate surface area is 76.3 Å². The number of ketones is 1. The summed E-state index contributed by atoms with van der Waals surface area (Å²) in [7, 11) is 0. The van der Waals surface area contributed by atoms with Gasteiger partial charge in [0, 0.05) is 12.2 Å². The second-order valence-corrected chi connectivity index (χ2v) is 3.13. The fourth-order valence-electron chi connectivity index (χ4n) is 0.842. The summed E-state index contributed by atoms with van der Waals surface area (Å²) >= 11 is 5.39. The Bertz CT molecular complexity index is 280. The third kappa shape index (κ3) is 1.85.